The van der Waals surface area contributed by atoms with Gasteiger partial charge in [-0.2, -0.15) is 13.2 Å². The van der Waals surface area contributed by atoms with Crippen LogP contribution in [-0.4, -0.2) is 76.5 Å². The van der Waals surface area contributed by atoms with Crippen LogP contribution in [0, 0.1) is 12.3 Å². The van der Waals surface area contributed by atoms with Crippen LogP contribution in [0.3, 0.4) is 0 Å². The number of ether oxygens (including phenoxy) is 1. The van der Waals surface area contributed by atoms with E-state index in [0.717, 1.165) is 69.6 Å². The zero-order chi connectivity index (χ0) is 23.2. The lowest BCUT2D eigenvalue weighted by atomic mass is 9.78. The number of anilines is 1. The van der Waals surface area contributed by atoms with Gasteiger partial charge in [0.2, 0.25) is 0 Å². The van der Waals surface area contributed by atoms with Gasteiger partial charge in [0.05, 0.1) is 30.1 Å². The smallest absolute Gasteiger partial charge is 0.475 e. The Morgan fingerprint density at radius 1 is 1.28 bits per heavy atom. The van der Waals surface area contributed by atoms with Gasteiger partial charge in [0.1, 0.15) is 5.82 Å². The van der Waals surface area contributed by atoms with Gasteiger partial charge in [0.25, 0.3) is 0 Å². The maximum Gasteiger partial charge on any atom is 0.490 e. The summed E-state index contributed by atoms with van der Waals surface area (Å²) in [4.78, 5) is 27.0. The normalized spacial score (nSPS) is 19.2. The maximum atomic E-state index is 10.6. The number of nitrogens with zero attached hydrogens (tertiary/aromatic N) is 5. The summed E-state index contributed by atoms with van der Waals surface area (Å²) < 4.78 is 37.7. The van der Waals surface area contributed by atoms with E-state index in [1.54, 1.807) is 23.7 Å². The number of aromatic nitrogens is 3. The number of alkyl halides is 3. The van der Waals surface area contributed by atoms with E-state index in [1.165, 1.54) is 5.69 Å². The number of halogens is 3. The Morgan fingerprint density at radius 2 is 2.00 bits per heavy atom. The van der Waals surface area contributed by atoms with Gasteiger partial charge in [-0.25, -0.2) is 14.8 Å². The second kappa shape index (κ2) is 10.5. The molecule has 2 aliphatic heterocycles. The molecule has 0 aromatic carbocycles. The summed E-state index contributed by atoms with van der Waals surface area (Å²) in [5.74, 6) is -1.77. The highest BCUT2D eigenvalue weighted by Crippen LogP contribution is 2.35. The lowest BCUT2D eigenvalue weighted by Crippen LogP contribution is -2.47. The van der Waals surface area contributed by atoms with Crippen LogP contribution >= 0.6 is 11.3 Å². The molecule has 4 rings (SSSR count). The van der Waals surface area contributed by atoms with E-state index in [9.17, 15) is 13.2 Å². The molecule has 2 aromatic rings. The zero-order valence-corrected chi connectivity index (χ0v) is 18.5. The maximum absolute atomic E-state index is 10.6. The third kappa shape index (κ3) is 6.84. The largest absolute Gasteiger partial charge is 0.490 e. The van der Waals surface area contributed by atoms with Crippen molar-refractivity contribution in [2.24, 2.45) is 5.41 Å². The fourth-order valence-corrected chi connectivity index (χ4v) is 4.50. The quantitative estimate of drug-likeness (QED) is 0.728. The second-order valence-electron chi connectivity index (χ2n) is 7.97. The number of aliphatic carboxylic acids is 1. The fourth-order valence-electron chi connectivity index (χ4n) is 3.89. The molecule has 0 unspecified atom stereocenters. The molecule has 2 aliphatic rings. The standard InChI is InChI=1S/C18H25N5OS.C2HF3O2/c1-15-21-16(12-25-15)11-22-8-9-24-14-18(13-22)2-6-23(7-3-18)17-10-19-4-5-20-17;3-2(4,5)1(6)7/h4-5,10,12H,2-3,6-9,11,13-14H2,1H3;(H,6,7). The first-order chi connectivity index (χ1) is 15.2. The van der Waals surface area contributed by atoms with Crippen LogP contribution in [0.2, 0.25) is 0 Å². The fraction of sp³-hybridized carbons (Fsp3) is 0.600. The molecule has 2 aromatic heterocycles. The number of carboxylic acids is 1. The summed E-state index contributed by atoms with van der Waals surface area (Å²) in [6.45, 7) is 8.82. The van der Waals surface area contributed by atoms with Gasteiger partial charge < -0.3 is 14.7 Å². The molecule has 2 fully saturated rings. The first kappa shape index (κ1) is 24.3. The van der Waals surface area contributed by atoms with Crippen molar-refractivity contribution in [3.63, 3.8) is 0 Å². The van der Waals surface area contributed by atoms with Crippen LogP contribution in [0.25, 0.3) is 0 Å². The molecule has 32 heavy (non-hydrogen) atoms. The summed E-state index contributed by atoms with van der Waals surface area (Å²) in [5.41, 5.74) is 1.44. The molecule has 176 valence electrons. The number of carbonyl (C=O) groups is 1. The van der Waals surface area contributed by atoms with E-state index >= 15 is 0 Å². The molecule has 2 saturated heterocycles. The third-order valence-corrected chi connectivity index (χ3v) is 6.33. The van der Waals surface area contributed by atoms with Crippen LogP contribution in [-0.2, 0) is 16.1 Å². The van der Waals surface area contributed by atoms with Gasteiger partial charge >= 0.3 is 12.1 Å². The lowest BCUT2D eigenvalue weighted by Gasteiger charge is -2.42. The molecular weight excluding hydrogens is 447 g/mol. The minimum atomic E-state index is -5.08. The summed E-state index contributed by atoms with van der Waals surface area (Å²) in [6, 6.07) is 0. The molecule has 0 atom stereocenters. The Morgan fingerprint density at radius 3 is 2.56 bits per heavy atom. The van der Waals surface area contributed by atoms with Gasteiger partial charge in [-0.3, -0.25) is 9.88 Å². The second-order valence-corrected chi connectivity index (χ2v) is 9.04. The summed E-state index contributed by atoms with van der Waals surface area (Å²) in [6.07, 6.45) is 2.54. The Labute approximate surface area is 188 Å². The molecule has 0 radical (unpaired) electrons. The van der Waals surface area contributed by atoms with Crippen molar-refractivity contribution in [2.45, 2.75) is 32.5 Å². The van der Waals surface area contributed by atoms with Crippen LogP contribution in [0.4, 0.5) is 19.0 Å². The Kier molecular flexibility index (Phi) is 8.01. The highest BCUT2D eigenvalue weighted by molar-refractivity contribution is 7.09. The first-order valence-electron chi connectivity index (χ1n) is 10.2. The van der Waals surface area contributed by atoms with E-state index in [2.05, 4.69) is 37.1 Å². The van der Waals surface area contributed by atoms with Crippen molar-refractivity contribution >= 4 is 23.1 Å². The molecule has 0 bridgehead atoms. The number of hydrogen-bond donors (Lipinski definition) is 1. The summed E-state index contributed by atoms with van der Waals surface area (Å²) in [7, 11) is 0. The van der Waals surface area contributed by atoms with Crippen molar-refractivity contribution in [2.75, 3.05) is 44.3 Å². The molecule has 0 amide bonds. The van der Waals surface area contributed by atoms with Crippen molar-refractivity contribution in [1.29, 1.82) is 0 Å². The monoisotopic (exact) mass is 473 g/mol. The minimum Gasteiger partial charge on any atom is -0.475 e. The number of carboxylic acid groups (broad SMARTS) is 1. The molecule has 1 spiro atoms. The van der Waals surface area contributed by atoms with Gasteiger partial charge in [-0.1, -0.05) is 0 Å². The van der Waals surface area contributed by atoms with Gasteiger partial charge in [-0.15, -0.1) is 11.3 Å². The highest BCUT2D eigenvalue weighted by atomic mass is 32.1. The zero-order valence-electron chi connectivity index (χ0n) is 17.7. The first-order valence-corrected chi connectivity index (χ1v) is 11.1. The number of hydrogen-bond acceptors (Lipinski definition) is 8. The van der Waals surface area contributed by atoms with E-state index in [4.69, 9.17) is 14.6 Å². The van der Waals surface area contributed by atoms with Crippen molar-refractivity contribution in [3.8, 4) is 0 Å². The number of piperidine rings is 1. The SMILES string of the molecule is Cc1nc(CN2CCOCC3(CCN(c4cnccn4)CC3)C2)cs1.O=C(O)C(F)(F)F. The molecule has 0 aliphatic carbocycles. The van der Waals surface area contributed by atoms with E-state index < -0.39 is 12.1 Å². The summed E-state index contributed by atoms with van der Waals surface area (Å²) >= 11 is 1.73. The Balaban J connectivity index is 0.000000360. The molecule has 4 heterocycles. The lowest BCUT2D eigenvalue weighted by molar-refractivity contribution is -0.192. The number of rotatable bonds is 3. The predicted octanol–water partition coefficient (Wildman–Crippen LogP) is 2.99. The Bertz CT molecular complexity index is 873. The number of aryl methyl sites for hydroxylation is 1. The van der Waals surface area contributed by atoms with E-state index in [1.807, 2.05) is 6.20 Å². The summed E-state index contributed by atoms with van der Waals surface area (Å²) in [5, 5.41) is 10.5. The Hall–Kier alpha value is -2.31. The molecular formula is C20H26F3N5O3S. The highest BCUT2D eigenvalue weighted by Gasteiger charge is 2.39. The van der Waals surface area contributed by atoms with Crippen LogP contribution in [0.1, 0.15) is 23.5 Å². The number of thiazole rings is 1. The topological polar surface area (TPSA) is 91.7 Å². The average Bonchev–Trinajstić information content (AvgIpc) is 3.06. The van der Waals surface area contributed by atoms with Crippen molar-refractivity contribution in [1.82, 2.24) is 19.9 Å². The van der Waals surface area contributed by atoms with E-state index in [0.29, 0.717) is 0 Å². The van der Waals surface area contributed by atoms with Gasteiger partial charge in [0.15, 0.2) is 0 Å². The van der Waals surface area contributed by atoms with Crippen LogP contribution in [0.15, 0.2) is 24.0 Å². The van der Waals surface area contributed by atoms with Crippen molar-refractivity contribution < 1.29 is 27.8 Å². The predicted molar refractivity (Wildman–Crippen MR) is 113 cm³/mol. The van der Waals surface area contributed by atoms with Gasteiger partial charge in [0, 0.05) is 55.9 Å². The molecule has 12 heteroatoms. The third-order valence-electron chi connectivity index (χ3n) is 5.51. The van der Waals surface area contributed by atoms with Crippen LogP contribution in [0.5, 0.6) is 0 Å². The van der Waals surface area contributed by atoms with Gasteiger partial charge in [-0.05, 0) is 19.8 Å². The molecule has 1 N–H and O–H groups in total. The van der Waals surface area contributed by atoms with Crippen molar-refractivity contribution in [3.05, 3.63) is 34.7 Å². The molecule has 0 saturated carbocycles. The van der Waals surface area contributed by atoms with Crippen LogP contribution < -0.4 is 4.90 Å². The molecule has 8 nitrogen and oxygen atoms in total. The minimum absolute atomic E-state index is 0.250. The average molecular weight is 474 g/mol. The van der Waals surface area contributed by atoms with E-state index in [-0.39, 0.29) is 5.41 Å².